The molecule has 0 unspecified atom stereocenters. The van der Waals surface area contributed by atoms with Crippen molar-refractivity contribution in [1.82, 2.24) is 4.72 Å². The second kappa shape index (κ2) is 7.11. The highest BCUT2D eigenvalue weighted by Crippen LogP contribution is 2.30. The summed E-state index contributed by atoms with van der Waals surface area (Å²) < 4.78 is 27.1. The van der Waals surface area contributed by atoms with Crippen LogP contribution in [-0.2, 0) is 10.0 Å². The third-order valence-electron chi connectivity index (χ3n) is 3.58. The van der Waals surface area contributed by atoms with E-state index in [1.54, 1.807) is 23.9 Å². The van der Waals surface area contributed by atoms with Gasteiger partial charge in [-0.05, 0) is 37.3 Å². The van der Waals surface area contributed by atoms with Crippen molar-refractivity contribution < 1.29 is 8.42 Å². The molecule has 0 spiro atoms. The van der Waals surface area contributed by atoms with Gasteiger partial charge < -0.3 is 0 Å². The monoisotopic (exact) mass is 312 g/mol. The predicted molar refractivity (Wildman–Crippen MR) is 83.2 cm³/mol. The topological polar surface area (TPSA) is 70.0 Å². The Labute approximate surface area is 125 Å². The summed E-state index contributed by atoms with van der Waals surface area (Å²) in [6.45, 7) is 4.51. The lowest BCUT2D eigenvalue weighted by Crippen LogP contribution is -2.39. The maximum absolute atomic E-state index is 12.3. The van der Waals surface area contributed by atoms with E-state index < -0.39 is 10.0 Å². The highest BCUT2D eigenvalue weighted by atomic mass is 32.2. The van der Waals surface area contributed by atoms with Gasteiger partial charge in [0.15, 0.2) is 0 Å². The summed E-state index contributed by atoms with van der Waals surface area (Å²) in [7, 11) is -3.57. The lowest BCUT2D eigenvalue weighted by Gasteiger charge is -2.29. The summed E-state index contributed by atoms with van der Waals surface area (Å²) >= 11 is 1.68. The second-order valence-corrected chi connectivity index (χ2v) is 7.60. The fourth-order valence-corrected chi connectivity index (χ4v) is 3.96. The van der Waals surface area contributed by atoms with Gasteiger partial charge in [0, 0.05) is 11.3 Å². The van der Waals surface area contributed by atoms with Crippen molar-refractivity contribution in [3.63, 3.8) is 0 Å². The molecule has 0 aromatic heterocycles. The number of sulfonamides is 1. The van der Waals surface area contributed by atoms with Crippen LogP contribution in [0.3, 0.4) is 0 Å². The summed E-state index contributed by atoms with van der Waals surface area (Å²) in [6.07, 6.45) is 3.79. The van der Waals surface area contributed by atoms with Crippen LogP contribution >= 0.6 is 11.8 Å². The van der Waals surface area contributed by atoms with E-state index >= 15 is 0 Å². The maximum atomic E-state index is 12.3. The minimum atomic E-state index is -3.57. The predicted octanol–water partition coefficient (Wildman–Crippen LogP) is 2.76. The zero-order valence-electron chi connectivity index (χ0n) is 12.0. The molecule has 6 heteroatoms. The summed E-state index contributed by atoms with van der Waals surface area (Å²) in [5.74, 6) is 0. The Kier molecular flexibility index (Phi) is 6.06. The SMILES string of the molecule is CCC(CC)(CNS(=O)(=O)c1cccc(C#N)c1)SC. The van der Waals surface area contributed by atoms with Crippen molar-refractivity contribution >= 4 is 21.8 Å². The van der Waals surface area contributed by atoms with Crippen molar-refractivity contribution in [3.8, 4) is 6.07 Å². The fourth-order valence-electron chi connectivity index (χ4n) is 1.90. The van der Waals surface area contributed by atoms with E-state index in [0.717, 1.165) is 12.8 Å². The summed E-state index contributed by atoms with van der Waals surface area (Å²) in [5.41, 5.74) is 0.343. The molecule has 0 fully saturated rings. The van der Waals surface area contributed by atoms with E-state index in [1.807, 2.05) is 12.3 Å². The Hall–Kier alpha value is -1.03. The van der Waals surface area contributed by atoms with E-state index in [-0.39, 0.29) is 9.64 Å². The number of thioether (sulfide) groups is 1. The summed E-state index contributed by atoms with van der Waals surface area (Å²) in [4.78, 5) is 0.138. The van der Waals surface area contributed by atoms with Gasteiger partial charge in [0.2, 0.25) is 10.0 Å². The highest BCUT2D eigenvalue weighted by Gasteiger charge is 2.27. The Balaban J connectivity index is 2.93. The first-order chi connectivity index (χ1) is 9.43. The number of nitrogens with zero attached hydrogens (tertiary/aromatic N) is 1. The van der Waals surface area contributed by atoms with Gasteiger partial charge in [-0.1, -0.05) is 19.9 Å². The Morgan fingerprint density at radius 1 is 1.35 bits per heavy atom. The smallest absolute Gasteiger partial charge is 0.210 e. The molecule has 0 bridgehead atoms. The van der Waals surface area contributed by atoms with Gasteiger partial charge in [-0.15, -0.1) is 0 Å². The van der Waals surface area contributed by atoms with Crippen LogP contribution in [0.25, 0.3) is 0 Å². The van der Waals surface area contributed by atoms with E-state index in [0.29, 0.717) is 12.1 Å². The van der Waals surface area contributed by atoms with Gasteiger partial charge >= 0.3 is 0 Å². The molecule has 4 nitrogen and oxygen atoms in total. The van der Waals surface area contributed by atoms with E-state index in [1.165, 1.54) is 12.1 Å². The number of nitriles is 1. The van der Waals surface area contributed by atoms with Crippen LogP contribution in [0.1, 0.15) is 32.3 Å². The molecule has 0 radical (unpaired) electrons. The largest absolute Gasteiger partial charge is 0.240 e. The Morgan fingerprint density at radius 2 is 2.00 bits per heavy atom. The van der Waals surface area contributed by atoms with Crippen molar-refractivity contribution in [1.29, 1.82) is 5.26 Å². The van der Waals surface area contributed by atoms with Crippen LogP contribution < -0.4 is 4.72 Å². The Bertz CT molecular complexity index is 579. The van der Waals surface area contributed by atoms with Crippen LogP contribution in [0, 0.1) is 11.3 Å². The first-order valence-electron chi connectivity index (χ1n) is 6.48. The highest BCUT2D eigenvalue weighted by molar-refractivity contribution is 8.00. The molecular formula is C14H20N2O2S2. The third kappa shape index (κ3) is 3.98. The van der Waals surface area contributed by atoms with Crippen molar-refractivity contribution in [2.24, 2.45) is 0 Å². The molecule has 1 rings (SSSR count). The molecule has 0 heterocycles. The minimum Gasteiger partial charge on any atom is -0.210 e. The first-order valence-corrected chi connectivity index (χ1v) is 9.19. The third-order valence-corrected chi connectivity index (χ3v) is 6.57. The molecule has 0 amide bonds. The summed E-state index contributed by atoms with van der Waals surface area (Å²) in [6, 6.07) is 8.01. The van der Waals surface area contributed by atoms with E-state index in [9.17, 15) is 8.42 Å². The lowest BCUT2D eigenvalue weighted by atomic mass is 10.0. The number of benzene rings is 1. The normalized spacial score (nSPS) is 12.1. The molecule has 0 saturated heterocycles. The van der Waals surface area contributed by atoms with Gasteiger partial charge in [-0.25, -0.2) is 13.1 Å². The molecule has 0 aliphatic rings. The van der Waals surface area contributed by atoms with Crippen LogP contribution in [0.15, 0.2) is 29.2 Å². The molecule has 110 valence electrons. The molecule has 20 heavy (non-hydrogen) atoms. The van der Waals surface area contributed by atoms with Crippen molar-refractivity contribution in [2.75, 3.05) is 12.8 Å². The summed E-state index contributed by atoms with van der Waals surface area (Å²) in [5, 5.41) is 8.83. The molecule has 0 saturated carbocycles. The molecule has 1 N–H and O–H groups in total. The van der Waals surface area contributed by atoms with Gasteiger partial charge in [0.1, 0.15) is 0 Å². The van der Waals surface area contributed by atoms with E-state index in [2.05, 4.69) is 18.6 Å². The Morgan fingerprint density at radius 3 is 2.50 bits per heavy atom. The van der Waals surface area contributed by atoms with Gasteiger partial charge in [-0.2, -0.15) is 17.0 Å². The number of hydrogen-bond donors (Lipinski definition) is 1. The van der Waals surface area contributed by atoms with Crippen LogP contribution in [-0.4, -0.2) is 26.0 Å². The maximum Gasteiger partial charge on any atom is 0.240 e. The number of rotatable bonds is 7. The first kappa shape index (κ1) is 17.0. The standard InChI is InChI=1S/C14H20N2O2S2/c1-4-14(5-2,19-3)11-16-20(17,18)13-8-6-7-12(9-13)10-15/h6-9,16H,4-5,11H2,1-3H3. The van der Waals surface area contributed by atoms with E-state index in [4.69, 9.17) is 5.26 Å². The van der Waals surface area contributed by atoms with Crippen LogP contribution in [0.2, 0.25) is 0 Å². The van der Waals surface area contributed by atoms with Crippen molar-refractivity contribution in [2.45, 2.75) is 36.3 Å². The van der Waals surface area contributed by atoms with Crippen LogP contribution in [0.5, 0.6) is 0 Å². The fraction of sp³-hybridized carbons (Fsp3) is 0.500. The molecule has 0 aliphatic carbocycles. The molecule has 1 aromatic carbocycles. The van der Waals surface area contributed by atoms with Gasteiger partial charge in [-0.3, -0.25) is 0 Å². The van der Waals surface area contributed by atoms with Gasteiger partial charge in [0.25, 0.3) is 0 Å². The zero-order valence-corrected chi connectivity index (χ0v) is 13.6. The minimum absolute atomic E-state index is 0.0834. The number of nitrogens with one attached hydrogen (secondary N) is 1. The quantitative estimate of drug-likeness (QED) is 0.840. The second-order valence-electron chi connectivity index (χ2n) is 4.56. The lowest BCUT2D eigenvalue weighted by molar-refractivity contribution is 0.522. The average Bonchev–Trinajstić information content (AvgIpc) is 2.49. The molecular weight excluding hydrogens is 292 g/mol. The van der Waals surface area contributed by atoms with Crippen molar-refractivity contribution in [3.05, 3.63) is 29.8 Å². The van der Waals surface area contributed by atoms with Crippen LogP contribution in [0.4, 0.5) is 0 Å². The molecule has 0 aliphatic heterocycles. The molecule has 1 aromatic rings. The number of hydrogen-bond acceptors (Lipinski definition) is 4. The average molecular weight is 312 g/mol. The zero-order chi connectivity index (χ0) is 15.2. The van der Waals surface area contributed by atoms with Gasteiger partial charge in [0.05, 0.1) is 16.5 Å². The molecule has 0 atom stereocenters.